The third-order valence-corrected chi connectivity index (χ3v) is 4.55. The molecular formula is C18H23NO5. The largest absolute Gasteiger partial charge is 0.463 e. The highest BCUT2D eigenvalue weighted by Crippen LogP contribution is 2.20. The van der Waals surface area contributed by atoms with E-state index in [0.29, 0.717) is 26.3 Å². The zero-order valence-corrected chi connectivity index (χ0v) is 13.6. The molecule has 6 nitrogen and oxygen atoms in total. The Bertz CT molecular complexity index is 599. The summed E-state index contributed by atoms with van der Waals surface area (Å²) in [6, 6.07) is 7.38. The van der Waals surface area contributed by atoms with E-state index < -0.39 is 0 Å². The molecule has 0 bridgehead atoms. The molecule has 1 aromatic rings. The van der Waals surface area contributed by atoms with Crippen LogP contribution < -0.4 is 0 Å². The Morgan fingerprint density at radius 3 is 2.75 bits per heavy atom. The molecule has 1 amide bonds. The Balaban J connectivity index is 1.55. The fourth-order valence-electron chi connectivity index (χ4n) is 3.01. The van der Waals surface area contributed by atoms with Crippen LogP contribution in [0.5, 0.6) is 0 Å². The summed E-state index contributed by atoms with van der Waals surface area (Å²) >= 11 is 0. The topological polar surface area (TPSA) is 79.4 Å². The van der Waals surface area contributed by atoms with Crippen molar-refractivity contribution in [2.45, 2.75) is 32.0 Å². The van der Waals surface area contributed by atoms with Gasteiger partial charge in [0, 0.05) is 13.1 Å². The second kappa shape index (κ2) is 7.77. The SMILES string of the molecule is O=C(OCC1CO1)C1CCCN(C(=O)Cc2ccccc2CO)C1. The van der Waals surface area contributed by atoms with Crippen LogP contribution in [0.4, 0.5) is 0 Å². The smallest absolute Gasteiger partial charge is 0.310 e. The van der Waals surface area contributed by atoms with Gasteiger partial charge in [0.1, 0.15) is 12.7 Å². The second-order valence-electron chi connectivity index (χ2n) is 6.37. The number of nitrogens with zero attached hydrogens (tertiary/aromatic N) is 1. The predicted octanol–water partition coefficient (Wildman–Crippen LogP) is 0.902. The standard InChI is InChI=1S/C18H23NO5/c20-10-15-5-2-1-4-13(15)8-17(21)19-7-3-6-14(9-19)18(22)24-12-16-11-23-16/h1-2,4-5,14,16,20H,3,6-12H2. The highest BCUT2D eigenvalue weighted by Gasteiger charge is 2.31. The number of hydrogen-bond acceptors (Lipinski definition) is 5. The molecule has 3 rings (SSSR count). The Morgan fingerprint density at radius 1 is 1.29 bits per heavy atom. The monoisotopic (exact) mass is 333 g/mol. The molecule has 0 aliphatic carbocycles. The van der Waals surface area contributed by atoms with E-state index in [-0.39, 0.29) is 36.9 Å². The Morgan fingerprint density at radius 2 is 2.04 bits per heavy atom. The van der Waals surface area contributed by atoms with Gasteiger partial charge in [-0.2, -0.15) is 0 Å². The number of amides is 1. The van der Waals surface area contributed by atoms with Crippen molar-refractivity contribution in [1.82, 2.24) is 4.90 Å². The van der Waals surface area contributed by atoms with Crippen LogP contribution in [0.2, 0.25) is 0 Å². The lowest BCUT2D eigenvalue weighted by Gasteiger charge is -2.31. The molecule has 1 N–H and O–H groups in total. The van der Waals surface area contributed by atoms with Gasteiger partial charge in [-0.25, -0.2) is 0 Å². The Labute approximate surface area is 141 Å². The maximum Gasteiger partial charge on any atom is 0.310 e. The van der Waals surface area contributed by atoms with Crippen LogP contribution in [0, 0.1) is 5.92 Å². The molecule has 0 aromatic heterocycles. The van der Waals surface area contributed by atoms with Crippen LogP contribution in [0.1, 0.15) is 24.0 Å². The number of epoxide rings is 1. The van der Waals surface area contributed by atoms with Gasteiger partial charge in [0.25, 0.3) is 0 Å². The van der Waals surface area contributed by atoms with Gasteiger partial charge in [-0.15, -0.1) is 0 Å². The molecule has 0 radical (unpaired) electrons. The van der Waals surface area contributed by atoms with Crippen molar-refractivity contribution in [3.63, 3.8) is 0 Å². The lowest BCUT2D eigenvalue weighted by Crippen LogP contribution is -2.43. The number of piperidine rings is 1. The molecule has 1 aromatic carbocycles. The van der Waals surface area contributed by atoms with Crippen LogP contribution in [-0.4, -0.2) is 54.3 Å². The molecule has 130 valence electrons. The van der Waals surface area contributed by atoms with Crippen molar-refractivity contribution >= 4 is 11.9 Å². The van der Waals surface area contributed by atoms with E-state index in [1.165, 1.54) is 0 Å². The molecule has 24 heavy (non-hydrogen) atoms. The number of hydrogen-bond donors (Lipinski definition) is 1. The predicted molar refractivity (Wildman–Crippen MR) is 86.1 cm³/mol. The maximum absolute atomic E-state index is 12.6. The number of aliphatic hydroxyl groups is 1. The summed E-state index contributed by atoms with van der Waals surface area (Å²) < 4.78 is 10.3. The number of esters is 1. The van der Waals surface area contributed by atoms with Crippen LogP contribution in [0.3, 0.4) is 0 Å². The summed E-state index contributed by atoms with van der Waals surface area (Å²) in [5.74, 6) is -0.507. The first-order valence-electron chi connectivity index (χ1n) is 8.41. The molecule has 2 saturated heterocycles. The summed E-state index contributed by atoms with van der Waals surface area (Å²) in [6.07, 6.45) is 1.85. The third-order valence-electron chi connectivity index (χ3n) is 4.55. The quantitative estimate of drug-likeness (QED) is 0.618. The normalized spacial score (nSPS) is 23.0. The second-order valence-corrected chi connectivity index (χ2v) is 6.37. The van der Waals surface area contributed by atoms with Crippen LogP contribution >= 0.6 is 0 Å². The van der Waals surface area contributed by atoms with Crippen molar-refractivity contribution in [1.29, 1.82) is 0 Å². The minimum atomic E-state index is -0.255. The average molecular weight is 333 g/mol. The molecule has 2 unspecified atom stereocenters. The zero-order valence-electron chi connectivity index (χ0n) is 13.6. The molecule has 2 heterocycles. The zero-order chi connectivity index (χ0) is 16.9. The molecule has 2 aliphatic rings. The number of carbonyl (C=O) groups excluding carboxylic acids is 2. The number of ether oxygens (including phenoxy) is 2. The fourth-order valence-corrected chi connectivity index (χ4v) is 3.01. The summed E-state index contributed by atoms with van der Waals surface area (Å²) in [7, 11) is 0. The maximum atomic E-state index is 12.6. The van der Waals surface area contributed by atoms with E-state index in [9.17, 15) is 14.7 Å². The summed E-state index contributed by atoms with van der Waals surface area (Å²) in [6.45, 7) is 1.96. The molecular weight excluding hydrogens is 310 g/mol. The first-order valence-corrected chi connectivity index (χ1v) is 8.41. The Kier molecular flexibility index (Phi) is 5.48. The molecule has 0 saturated carbocycles. The fraction of sp³-hybridized carbons (Fsp3) is 0.556. The van der Waals surface area contributed by atoms with Crippen LogP contribution in [0.25, 0.3) is 0 Å². The van der Waals surface area contributed by atoms with Gasteiger partial charge in [-0.05, 0) is 24.0 Å². The van der Waals surface area contributed by atoms with Gasteiger partial charge < -0.3 is 19.5 Å². The molecule has 0 spiro atoms. The first kappa shape index (κ1) is 16.9. The van der Waals surface area contributed by atoms with E-state index in [1.54, 1.807) is 4.90 Å². The van der Waals surface area contributed by atoms with Crippen molar-refractivity contribution in [2.24, 2.45) is 5.92 Å². The molecule has 2 atom stereocenters. The van der Waals surface area contributed by atoms with Gasteiger partial charge in [-0.1, -0.05) is 24.3 Å². The Hall–Kier alpha value is -1.92. The highest BCUT2D eigenvalue weighted by molar-refractivity contribution is 5.80. The van der Waals surface area contributed by atoms with E-state index >= 15 is 0 Å². The summed E-state index contributed by atoms with van der Waals surface area (Å²) in [5.41, 5.74) is 1.60. The number of carbonyl (C=O) groups is 2. The van der Waals surface area contributed by atoms with E-state index in [2.05, 4.69) is 0 Å². The van der Waals surface area contributed by atoms with E-state index in [0.717, 1.165) is 24.0 Å². The van der Waals surface area contributed by atoms with E-state index in [1.807, 2.05) is 24.3 Å². The van der Waals surface area contributed by atoms with Crippen LogP contribution in [-0.2, 0) is 32.1 Å². The number of likely N-dealkylation sites (tertiary alicyclic amines) is 1. The van der Waals surface area contributed by atoms with Crippen molar-refractivity contribution in [3.05, 3.63) is 35.4 Å². The molecule has 2 aliphatic heterocycles. The van der Waals surface area contributed by atoms with Crippen molar-refractivity contribution in [3.8, 4) is 0 Å². The van der Waals surface area contributed by atoms with Gasteiger partial charge in [-0.3, -0.25) is 9.59 Å². The van der Waals surface area contributed by atoms with Crippen LogP contribution in [0.15, 0.2) is 24.3 Å². The van der Waals surface area contributed by atoms with Gasteiger partial charge >= 0.3 is 5.97 Å². The highest BCUT2D eigenvalue weighted by atomic mass is 16.6. The van der Waals surface area contributed by atoms with Gasteiger partial charge in [0.15, 0.2) is 0 Å². The number of benzene rings is 1. The van der Waals surface area contributed by atoms with Gasteiger partial charge in [0.05, 0.1) is 25.6 Å². The minimum Gasteiger partial charge on any atom is -0.463 e. The van der Waals surface area contributed by atoms with Crippen molar-refractivity contribution in [2.75, 3.05) is 26.3 Å². The molecule has 6 heteroatoms. The molecule has 2 fully saturated rings. The van der Waals surface area contributed by atoms with Crippen molar-refractivity contribution < 1.29 is 24.2 Å². The number of rotatable bonds is 6. The van der Waals surface area contributed by atoms with Gasteiger partial charge in [0.2, 0.25) is 5.91 Å². The summed E-state index contributed by atoms with van der Waals surface area (Å²) in [4.78, 5) is 26.4. The lowest BCUT2D eigenvalue weighted by atomic mass is 9.97. The average Bonchev–Trinajstić information content (AvgIpc) is 3.44. The first-order chi connectivity index (χ1) is 11.7. The lowest BCUT2D eigenvalue weighted by molar-refractivity contribution is -0.152. The number of aliphatic hydroxyl groups excluding tert-OH is 1. The third kappa shape index (κ3) is 4.33. The summed E-state index contributed by atoms with van der Waals surface area (Å²) in [5, 5.41) is 9.37. The van der Waals surface area contributed by atoms with E-state index in [4.69, 9.17) is 9.47 Å². The minimum absolute atomic E-state index is 0.0149.